The number of carboxylic acid groups (broad SMARTS) is 1. The summed E-state index contributed by atoms with van der Waals surface area (Å²) in [7, 11) is 0. The van der Waals surface area contributed by atoms with Gasteiger partial charge in [0.15, 0.2) is 0 Å². The lowest BCUT2D eigenvalue weighted by molar-refractivity contribution is -0.137. The van der Waals surface area contributed by atoms with Crippen molar-refractivity contribution in [3.05, 3.63) is 23.7 Å². The van der Waals surface area contributed by atoms with Crippen LogP contribution in [-0.2, 0) is 17.6 Å². The fraction of sp³-hybridized carbons (Fsp3) is 0.545. The molecule has 0 spiro atoms. The molecule has 0 aromatic carbocycles. The lowest BCUT2D eigenvalue weighted by Gasteiger charge is -2.07. The zero-order valence-corrected chi connectivity index (χ0v) is 8.90. The van der Waals surface area contributed by atoms with Gasteiger partial charge < -0.3 is 15.3 Å². The topological polar surface area (TPSA) is 76.5 Å². The molecule has 0 saturated carbocycles. The number of aliphatic carboxylic acids is 1. The van der Waals surface area contributed by atoms with Gasteiger partial charge in [0.05, 0.1) is 0 Å². The standard InChI is InChI=1S/C11H17NO3/c1-2-9-4-5-10(15-9)7-8(12)3-6-11(13)14/h4-5,8H,2-3,6-7,12H2,1H3,(H,13,14). The molecule has 0 amide bonds. The van der Waals surface area contributed by atoms with E-state index in [1.807, 2.05) is 19.1 Å². The number of furan rings is 1. The molecule has 0 aliphatic rings. The van der Waals surface area contributed by atoms with Crippen LogP contribution >= 0.6 is 0 Å². The maximum atomic E-state index is 10.3. The Labute approximate surface area is 89.1 Å². The Morgan fingerprint density at radius 1 is 1.53 bits per heavy atom. The first-order chi connectivity index (χ1) is 7.11. The Morgan fingerprint density at radius 3 is 2.73 bits per heavy atom. The van der Waals surface area contributed by atoms with Gasteiger partial charge in [0.1, 0.15) is 11.5 Å². The molecule has 1 rings (SSSR count). The van der Waals surface area contributed by atoms with Gasteiger partial charge in [0, 0.05) is 25.3 Å². The fourth-order valence-corrected chi connectivity index (χ4v) is 1.39. The molecule has 0 aliphatic heterocycles. The van der Waals surface area contributed by atoms with E-state index >= 15 is 0 Å². The molecule has 0 fully saturated rings. The lowest BCUT2D eigenvalue weighted by atomic mass is 10.1. The number of hydrogen-bond donors (Lipinski definition) is 2. The van der Waals surface area contributed by atoms with Crippen molar-refractivity contribution in [3.63, 3.8) is 0 Å². The summed E-state index contributed by atoms with van der Waals surface area (Å²) in [5.74, 6) is 0.972. The highest BCUT2D eigenvalue weighted by Crippen LogP contribution is 2.11. The first-order valence-electron chi connectivity index (χ1n) is 5.16. The van der Waals surface area contributed by atoms with Crippen molar-refractivity contribution in [1.29, 1.82) is 0 Å². The molecule has 1 unspecified atom stereocenters. The van der Waals surface area contributed by atoms with Crippen LogP contribution in [-0.4, -0.2) is 17.1 Å². The molecule has 0 radical (unpaired) electrons. The average Bonchev–Trinajstić information content (AvgIpc) is 2.62. The molecule has 4 nitrogen and oxygen atoms in total. The van der Waals surface area contributed by atoms with Crippen molar-refractivity contribution in [2.75, 3.05) is 0 Å². The first kappa shape index (κ1) is 11.8. The van der Waals surface area contributed by atoms with Crippen molar-refractivity contribution in [2.24, 2.45) is 5.73 Å². The van der Waals surface area contributed by atoms with Crippen LogP contribution in [0.15, 0.2) is 16.5 Å². The zero-order chi connectivity index (χ0) is 11.3. The molecule has 4 heteroatoms. The third kappa shape index (κ3) is 4.16. The summed E-state index contributed by atoms with van der Waals surface area (Å²) in [4.78, 5) is 10.3. The Kier molecular flexibility index (Phi) is 4.37. The quantitative estimate of drug-likeness (QED) is 0.749. The minimum atomic E-state index is -0.806. The average molecular weight is 211 g/mol. The maximum absolute atomic E-state index is 10.3. The summed E-state index contributed by atoms with van der Waals surface area (Å²) >= 11 is 0. The second-order valence-electron chi connectivity index (χ2n) is 3.62. The smallest absolute Gasteiger partial charge is 0.303 e. The van der Waals surface area contributed by atoms with Crippen LogP contribution in [0.5, 0.6) is 0 Å². The van der Waals surface area contributed by atoms with Gasteiger partial charge in [-0.25, -0.2) is 0 Å². The van der Waals surface area contributed by atoms with Crippen molar-refractivity contribution in [2.45, 2.75) is 38.6 Å². The van der Waals surface area contributed by atoms with Gasteiger partial charge in [0.2, 0.25) is 0 Å². The normalized spacial score (nSPS) is 12.7. The van der Waals surface area contributed by atoms with Crippen molar-refractivity contribution in [1.82, 2.24) is 0 Å². The van der Waals surface area contributed by atoms with Crippen molar-refractivity contribution in [3.8, 4) is 0 Å². The molecule has 0 aliphatic carbocycles. The van der Waals surface area contributed by atoms with Crippen LogP contribution in [0, 0.1) is 0 Å². The fourth-order valence-electron chi connectivity index (χ4n) is 1.39. The van der Waals surface area contributed by atoms with Crippen LogP contribution in [0.25, 0.3) is 0 Å². The second kappa shape index (κ2) is 5.56. The predicted octanol–water partition coefficient (Wildman–Crippen LogP) is 1.58. The number of hydrogen-bond acceptors (Lipinski definition) is 3. The Hall–Kier alpha value is -1.29. The van der Waals surface area contributed by atoms with Crippen LogP contribution in [0.1, 0.15) is 31.3 Å². The molecule has 84 valence electrons. The second-order valence-corrected chi connectivity index (χ2v) is 3.62. The summed E-state index contributed by atoms with van der Waals surface area (Å²) < 4.78 is 5.48. The van der Waals surface area contributed by atoms with Gasteiger partial charge in [-0.3, -0.25) is 4.79 Å². The molecule has 0 bridgehead atoms. The van der Waals surface area contributed by atoms with Crippen molar-refractivity contribution < 1.29 is 14.3 Å². The number of nitrogens with two attached hydrogens (primary N) is 1. The van der Waals surface area contributed by atoms with Crippen LogP contribution in [0.4, 0.5) is 0 Å². The van der Waals surface area contributed by atoms with Crippen LogP contribution in [0.3, 0.4) is 0 Å². The number of rotatable bonds is 6. The monoisotopic (exact) mass is 211 g/mol. The summed E-state index contributed by atoms with van der Waals surface area (Å²) in [6, 6.07) is 3.69. The molecule has 0 saturated heterocycles. The Balaban J connectivity index is 2.36. The summed E-state index contributed by atoms with van der Waals surface area (Å²) in [5.41, 5.74) is 5.78. The van der Waals surface area contributed by atoms with Gasteiger partial charge in [-0.2, -0.15) is 0 Å². The zero-order valence-electron chi connectivity index (χ0n) is 8.90. The number of carbonyl (C=O) groups is 1. The van der Waals surface area contributed by atoms with E-state index in [1.165, 1.54) is 0 Å². The number of carboxylic acids is 1. The highest BCUT2D eigenvalue weighted by atomic mass is 16.4. The summed E-state index contributed by atoms with van der Waals surface area (Å²) in [6.45, 7) is 2.02. The molecule has 3 N–H and O–H groups in total. The third-order valence-electron chi connectivity index (χ3n) is 2.26. The minimum absolute atomic E-state index is 0.114. The van der Waals surface area contributed by atoms with Gasteiger partial charge in [-0.15, -0.1) is 0 Å². The molecule has 1 aromatic rings. The lowest BCUT2D eigenvalue weighted by Crippen LogP contribution is -2.23. The molecule has 15 heavy (non-hydrogen) atoms. The molecule has 1 atom stereocenters. The van der Waals surface area contributed by atoms with E-state index in [-0.39, 0.29) is 12.5 Å². The van der Waals surface area contributed by atoms with E-state index in [4.69, 9.17) is 15.3 Å². The Bertz CT molecular complexity index is 319. The number of aryl methyl sites for hydroxylation is 1. The first-order valence-corrected chi connectivity index (χ1v) is 5.16. The van der Waals surface area contributed by atoms with Gasteiger partial charge >= 0.3 is 5.97 Å². The van der Waals surface area contributed by atoms with Gasteiger partial charge in [-0.05, 0) is 18.6 Å². The summed E-state index contributed by atoms with van der Waals surface area (Å²) in [5, 5.41) is 8.49. The van der Waals surface area contributed by atoms with Gasteiger partial charge in [0.25, 0.3) is 0 Å². The van der Waals surface area contributed by atoms with Crippen molar-refractivity contribution >= 4 is 5.97 Å². The van der Waals surface area contributed by atoms with E-state index in [9.17, 15) is 4.79 Å². The van der Waals surface area contributed by atoms with E-state index in [0.29, 0.717) is 12.8 Å². The highest BCUT2D eigenvalue weighted by Gasteiger charge is 2.09. The van der Waals surface area contributed by atoms with E-state index in [0.717, 1.165) is 17.9 Å². The molecular formula is C11H17NO3. The summed E-state index contributed by atoms with van der Waals surface area (Å²) in [6.07, 6.45) is 2.07. The Morgan fingerprint density at radius 2 is 2.20 bits per heavy atom. The maximum Gasteiger partial charge on any atom is 0.303 e. The molecule has 1 aromatic heterocycles. The SMILES string of the molecule is CCc1ccc(CC(N)CCC(=O)O)o1. The van der Waals surface area contributed by atoms with Crippen LogP contribution < -0.4 is 5.73 Å². The predicted molar refractivity (Wildman–Crippen MR) is 56.6 cm³/mol. The highest BCUT2D eigenvalue weighted by molar-refractivity contribution is 5.66. The molecular weight excluding hydrogens is 194 g/mol. The van der Waals surface area contributed by atoms with E-state index in [2.05, 4.69) is 0 Å². The largest absolute Gasteiger partial charge is 0.481 e. The van der Waals surface area contributed by atoms with Crippen LogP contribution in [0.2, 0.25) is 0 Å². The van der Waals surface area contributed by atoms with Gasteiger partial charge in [-0.1, -0.05) is 6.92 Å². The molecule has 1 heterocycles. The minimum Gasteiger partial charge on any atom is -0.481 e. The van der Waals surface area contributed by atoms with E-state index in [1.54, 1.807) is 0 Å². The van der Waals surface area contributed by atoms with E-state index < -0.39 is 5.97 Å². The third-order valence-corrected chi connectivity index (χ3v) is 2.26.